The van der Waals surface area contributed by atoms with E-state index in [2.05, 4.69) is 36.5 Å². The van der Waals surface area contributed by atoms with E-state index in [1.807, 2.05) is 6.92 Å². The SMILES string of the molecule is CCOc1ccc(C2CCNC2C)cc1. The highest BCUT2D eigenvalue weighted by molar-refractivity contribution is 5.30. The summed E-state index contributed by atoms with van der Waals surface area (Å²) in [6.45, 7) is 6.14. The smallest absolute Gasteiger partial charge is 0.119 e. The molecule has 1 aromatic carbocycles. The van der Waals surface area contributed by atoms with E-state index >= 15 is 0 Å². The zero-order chi connectivity index (χ0) is 10.7. The standard InChI is InChI=1S/C13H19NO/c1-3-15-12-6-4-11(5-7-12)13-8-9-14-10(13)2/h4-7,10,13-14H,3,8-9H2,1-2H3. The highest BCUT2D eigenvalue weighted by Crippen LogP contribution is 2.28. The fraction of sp³-hybridized carbons (Fsp3) is 0.538. The molecule has 1 saturated heterocycles. The molecule has 1 fully saturated rings. The summed E-state index contributed by atoms with van der Waals surface area (Å²) in [7, 11) is 0. The van der Waals surface area contributed by atoms with Gasteiger partial charge in [0, 0.05) is 12.0 Å². The van der Waals surface area contributed by atoms with Crippen molar-refractivity contribution < 1.29 is 4.74 Å². The minimum atomic E-state index is 0.600. The molecule has 2 atom stereocenters. The third kappa shape index (κ3) is 2.32. The van der Waals surface area contributed by atoms with Crippen LogP contribution in [-0.4, -0.2) is 19.2 Å². The van der Waals surface area contributed by atoms with Gasteiger partial charge in [-0.3, -0.25) is 0 Å². The first kappa shape index (κ1) is 10.5. The van der Waals surface area contributed by atoms with E-state index < -0.39 is 0 Å². The molecule has 0 aromatic heterocycles. The summed E-state index contributed by atoms with van der Waals surface area (Å²) in [5.41, 5.74) is 1.43. The summed E-state index contributed by atoms with van der Waals surface area (Å²) in [5, 5.41) is 3.48. The number of ether oxygens (including phenoxy) is 1. The van der Waals surface area contributed by atoms with E-state index in [-0.39, 0.29) is 0 Å². The first-order valence-corrected chi connectivity index (χ1v) is 5.77. The van der Waals surface area contributed by atoms with Crippen LogP contribution in [0.5, 0.6) is 5.75 Å². The van der Waals surface area contributed by atoms with Crippen LogP contribution in [0.3, 0.4) is 0 Å². The molecule has 0 aliphatic carbocycles. The Kier molecular flexibility index (Phi) is 3.27. The lowest BCUT2D eigenvalue weighted by molar-refractivity contribution is 0.340. The first-order chi connectivity index (χ1) is 7.31. The van der Waals surface area contributed by atoms with Gasteiger partial charge in [-0.2, -0.15) is 0 Å². The molecular weight excluding hydrogens is 186 g/mol. The second-order valence-corrected chi connectivity index (χ2v) is 4.14. The molecular formula is C13H19NO. The lowest BCUT2D eigenvalue weighted by Gasteiger charge is -2.15. The van der Waals surface area contributed by atoms with Crippen molar-refractivity contribution in [2.75, 3.05) is 13.2 Å². The van der Waals surface area contributed by atoms with Gasteiger partial charge in [0.2, 0.25) is 0 Å². The van der Waals surface area contributed by atoms with Crippen molar-refractivity contribution in [2.24, 2.45) is 0 Å². The minimum Gasteiger partial charge on any atom is -0.494 e. The third-order valence-corrected chi connectivity index (χ3v) is 3.14. The summed E-state index contributed by atoms with van der Waals surface area (Å²) >= 11 is 0. The molecule has 1 aliphatic heterocycles. The highest BCUT2D eigenvalue weighted by Gasteiger charge is 2.23. The van der Waals surface area contributed by atoms with Crippen LogP contribution in [0, 0.1) is 0 Å². The van der Waals surface area contributed by atoms with Gasteiger partial charge in [-0.15, -0.1) is 0 Å². The summed E-state index contributed by atoms with van der Waals surface area (Å²) in [5.74, 6) is 1.64. The maximum atomic E-state index is 5.43. The summed E-state index contributed by atoms with van der Waals surface area (Å²) in [6, 6.07) is 9.13. The molecule has 1 aliphatic rings. The molecule has 2 heteroatoms. The van der Waals surface area contributed by atoms with E-state index in [0.29, 0.717) is 12.0 Å². The number of nitrogens with one attached hydrogen (secondary N) is 1. The van der Waals surface area contributed by atoms with Gasteiger partial charge in [-0.05, 0) is 44.5 Å². The van der Waals surface area contributed by atoms with Gasteiger partial charge < -0.3 is 10.1 Å². The molecule has 0 amide bonds. The van der Waals surface area contributed by atoms with E-state index in [4.69, 9.17) is 4.74 Å². The second-order valence-electron chi connectivity index (χ2n) is 4.14. The molecule has 1 heterocycles. The molecule has 0 saturated carbocycles. The van der Waals surface area contributed by atoms with Crippen LogP contribution in [0.2, 0.25) is 0 Å². The predicted octanol–water partition coefficient (Wildman–Crippen LogP) is 2.55. The van der Waals surface area contributed by atoms with Crippen LogP contribution in [0.1, 0.15) is 31.7 Å². The van der Waals surface area contributed by atoms with Crippen molar-refractivity contribution in [2.45, 2.75) is 32.2 Å². The fourth-order valence-corrected chi connectivity index (χ4v) is 2.29. The molecule has 1 N–H and O–H groups in total. The summed E-state index contributed by atoms with van der Waals surface area (Å²) in [4.78, 5) is 0. The molecule has 0 bridgehead atoms. The zero-order valence-electron chi connectivity index (χ0n) is 9.49. The maximum Gasteiger partial charge on any atom is 0.119 e. The number of benzene rings is 1. The van der Waals surface area contributed by atoms with Crippen LogP contribution in [0.15, 0.2) is 24.3 Å². The van der Waals surface area contributed by atoms with Gasteiger partial charge in [0.15, 0.2) is 0 Å². The predicted molar refractivity (Wildman–Crippen MR) is 62.4 cm³/mol. The molecule has 15 heavy (non-hydrogen) atoms. The van der Waals surface area contributed by atoms with Crippen molar-refractivity contribution >= 4 is 0 Å². The Morgan fingerprint density at radius 2 is 2.07 bits per heavy atom. The molecule has 2 rings (SSSR count). The van der Waals surface area contributed by atoms with Crippen molar-refractivity contribution in [3.05, 3.63) is 29.8 Å². The number of hydrogen-bond acceptors (Lipinski definition) is 2. The van der Waals surface area contributed by atoms with Gasteiger partial charge in [-0.25, -0.2) is 0 Å². The molecule has 0 spiro atoms. The van der Waals surface area contributed by atoms with Crippen LogP contribution < -0.4 is 10.1 Å². The second kappa shape index (κ2) is 4.67. The highest BCUT2D eigenvalue weighted by atomic mass is 16.5. The van der Waals surface area contributed by atoms with E-state index in [1.165, 1.54) is 12.0 Å². The largest absolute Gasteiger partial charge is 0.494 e. The first-order valence-electron chi connectivity index (χ1n) is 5.77. The van der Waals surface area contributed by atoms with E-state index in [9.17, 15) is 0 Å². The summed E-state index contributed by atoms with van der Waals surface area (Å²) < 4.78 is 5.43. The van der Waals surface area contributed by atoms with Crippen LogP contribution >= 0.6 is 0 Å². The normalized spacial score (nSPS) is 25.5. The van der Waals surface area contributed by atoms with Gasteiger partial charge in [0.05, 0.1) is 6.61 Å². The van der Waals surface area contributed by atoms with Gasteiger partial charge in [0.25, 0.3) is 0 Å². The Morgan fingerprint density at radius 3 is 2.60 bits per heavy atom. The number of hydrogen-bond donors (Lipinski definition) is 1. The molecule has 0 radical (unpaired) electrons. The van der Waals surface area contributed by atoms with Crippen LogP contribution in [-0.2, 0) is 0 Å². The van der Waals surface area contributed by atoms with Crippen molar-refractivity contribution in [3.8, 4) is 5.75 Å². The van der Waals surface area contributed by atoms with Crippen molar-refractivity contribution in [1.82, 2.24) is 5.32 Å². The van der Waals surface area contributed by atoms with Crippen LogP contribution in [0.25, 0.3) is 0 Å². The van der Waals surface area contributed by atoms with E-state index in [0.717, 1.165) is 18.9 Å². The van der Waals surface area contributed by atoms with Crippen molar-refractivity contribution in [3.63, 3.8) is 0 Å². The van der Waals surface area contributed by atoms with Crippen molar-refractivity contribution in [1.29, 1.82) is 0 Å². The monoisotopic (exact) mass is 205 g/mol. The maximum absolute atomic E-state index is 5.43. The lowest BCUT2D eigenvalue weighted by atomic mass is 9.93. The Hall–Kier alpha value is -1.02. The number of rotatable bonds is 3. The Labute approximate surface area is 91.6 Å². The van der Waals surface area contributed by atoms with Gasteiger partial charge in [0.1, 0.15) is 5.75 Å². The minimum absolute atomic E-state index is 0.600. The molecule has 2 unspecified atom stereocenters. The van der Waals surface area contributed by atoms with Gasteiger partial charge in [-0.1, -0.05) is 12.1 Å². The fourth-order valence-electron chi connectivity index (χ4n) is 2.29. The molecule has 2 nitrogen and oxygen atoms in total. The Balaban J connectivity index is 2.09. The Bertz CT molecular complexity index is 307. The molecule has 1 aromatic rings. The topological polar surface area (TPSA) is 21.3 Å². The quantitative estimate of drug-likeness (QED) is 0.818. The third-order valence-electron chi connectivity index (χ3n) is 3.14. The molecule has 82 valence electrons. The summed E-state index contributed by atoms with van der Waals surface area (Å²) in [6.07, 6.45) is 1.25. The zero-order valence-corrected chi connectivity index (χ0v) is 9.49. The van der Waals surface area contributed by atoms with Gasteiger partial charge >= 0.3 is 0 Å². The average molecular weight is 205 g/mol. The average Bonchev–Trinajstić information content (AvgIpc) is 2.66. The lowest BCUT2D eigenvalue weighted by Crippen LogP contribution is -2.21. The van der Waals surface area contributed by atoms with Crippen LogP contribution in [0.4, 0.5) is 0 Å². The Morgan fingerprint density at radius 1 is 1.33 bits per heavy atom. The van der Waals surface area contributed by atoms with E-state index in [1.54, 1.807) is 0 Å².